The monoisotopic (exact) mass is 582 g/mol. The zero-order valence-corrected chi connectivity index (χ0v) is 24.6. The van der Waals surface area contributed by atoms with Crippen LogP contribution in [0.25, 0.3) is 16.9 Å². The normalized spacial score (nSPS) is 11.2. The van der Waals surface area contributed by atoms with Crippen molar-refractivity contribution in [3.63, 3.8) is 0 Å². The molecule has 0 saturated heterocycles. The van der Waals surface area contributed by atoms with Crippen molar-refractivity contribution in [3.05, 3.63) is 88.0 Å². The van der Waals surface area contributed by atoms with E-state index in [1.165, 1.54) is 23.9 Å². The molecule has 4 aromatic rings. The van der Waals surface area contributed by atoms with Gasteiger partial charge in [0.15, 0.2) is 5.69 Å². The quantitative estimate of drug-likeness (QED) is 0.258. The Morgan fingerprint density at radius 1 is 1.02 bits per heavy atom. The summed E-state index contributed by atoms with van der Waals surface area (Å²) in [5, 5.41) is 11.0. The first-order valence-electron chi connectivity index (χ1n) is 12.7. The summed E-state index contributed by atoms with van der Waals surface area (Å²) in [4.78, 5) is 29.4. The van der Waals surface area contributed by atoms with E-state index in [4.69, 9.17) is 17.3 Å². The van der Waals surface area contributed by atoms with E-state index in [-0.39, 0.29) is 22.2 Å². The molecule has 0 fully saturated rings. The zero-order valence-electron chi connectivity index (χ0n) is 23.0. The molecule has 1 aliphatic rings. The number of aryl methyl sites for hydroxylation is 1. The highest BCUT2D eigenvalue weighted by atomic mass is 35.5. The molecule has 2 aromatic heterocycles. The van der Waals surface area contributed by atoms with Crippen molar-refractivity contribution in [1.82, 2.24) is 20.1 Å². The SMILES string of the molecule is CC.CNC.CSc1ccc(Cl)c(C(=O)Nc2ccc3c(c2)-c2c(c(C(N)=O)nn2-c2ccc(F)cc2)CC3)n1. The van der Waals surface area contributed by atoms with Crippen molar-refractivity contribution in [3.8, 4) is 16.9 Å². The predicted octanol–water partition coefficient (Wildman–Crippen LogP) is 5.76. The molecular weight excluding hydrogens is 551 g/mol. The summed E-state index contributed by atoms with van der Waals surface area (Å²) < 4.78 is 15.1. The van der Waals surface area contributed by atoms with E-state index in [9.17, 15) is 14.0 Å². The lowest BCUT2D eigenvalue weighted by Gasteiger charge is -2.20. The summed E-state index contributed by atoms with van der Waals surface area (Å²) in [7, 11) is 3.75. The molecule has 2 heterocycles. The molecule has 2 aromatic carbocycles. The molecule has 0 atom stereocenters. The Balaban J connectivity index is 0.000000827. The van der Waals surface area contributed by atoms with Gasteiger partial charge >= 0.3 is 0 Å². The Labute approximate surface area is 242 Å². The van der Waals surface area contributed by atoms with Crippen LogP contribution in [0.5, 0.6) is 0 Å². The van der Waals surface area contributed by atoms with Crippen LogP contribution in [0.4, 0.5) is 10.1 Å². The minimum Gasteiger partial charge on any atom is -0.364 e. The van der Waals surface area contributed by atoms with Gasteiger partial charge in [0.05, 0.1) is 21.4 Å². The molecule has 0 aliphatic heterocycles. The molecule has 0 unspecified atom stereocenters. The maximum absolute atomic E-state index is 13.5. The number of benzene rings is 2. The second-order valence-electron chi connectivity index (χ2n) is 8.44. The van der Waals surface area contributed by atoms with Crippen molar-refractivity contribution in [2.45, 2.75) is 31.7 Å². The fourth-order valence-electron chi connectivity index (χ4n) is 4.17. The van der Waals surface area contributed by atoms with Crippen LogP contribution in [0, 0.1) is 5.82 Å². The fourth-order valence-corrected chi connectivity index (χ4v) is 4.75. The molecule has 0 saturated carbocycles. The molecule has 0 bridgehead atoms. The second-order valence-corrected chi connectivity index (χ2v) is 9.67. The topological polar surface area (TPSA) is 115 Å². The van der Waals surface area contributed by atoms with Gasteiger partial charge < -0.3 is 16.4 Å². The maximum atomic E-state index is 13.5. The molecule has 5 rings (SSSR count). The van der Waals surface area contributed by atoms with E-state index in [2.05, 4.69) is 20.7 Å². The van der Waals surface area contributed by atoms with Gasteiger partial charge in [0.1, 0.15) is 11.5 Å². The lowest BCUT2D eigenvalue weighted by atomic mass is 9.88. The number of carbonyl (C=O) groups excluding carboxylic acids is 2. The fraction of sp³-hybridized carbons (Fsp3) is 0.241. The van der Waals surface area contributed by atoms with Gasteiger partial charge in [0.2, 0.25) is 0 Å². The Kier molecular flexibility index (Phi) is 10.8. The van der Waals surface area contributed by atoms with Gasteiger partial charge in [0, 0.05) is 16.8 Å². The highest BCUT2D eigenvalue weighted by Gasteiger charge is 2.28. The maximum Gasteiger partial charge on any atom is 0.275 e. The zero-order chi connectivity index (χ0) is 29.4. The van der Waals surface area contributed by atoms with E-state index in [0.717, 1.165) is 16.7 Å². The number of thioether (sulfide) groups is 1. The van der Waals surface area contributed by atoms with Gasteiger partial charge in [-0.3, -0.25) is 9.59 Å². The number of aromatic nitrogens is 3. The highest BCUT2D eigenvalue weighted by molar-refractivity contribution is 7.98. The summed E-state index contributed by atoms with van der Waals surface area (Å²) in [6.45, 7) is 4.00. The van der Waals surface area contributed by atoms with E-state index >= 15 is 0 Å². The van der Waals surface area contributed by atoms with Crippen LogP contribution < -0.4 is 16.4 Å². The molecule has 0 spiro atoms. The number of nitrogens with two attached hydrogens (primary N) is 1. The summed E-state index contributed by atoms with van der Waals surface area (Å²) in [5.41, 5.74) is 10.3. The van der Waals surface area contributed by atoms with Crippen molar-refractivity contribution in [2.75, 3.05) is 25.7 Å². The third-order valence-corrected chi connectivity index (χ3v) is 6.75. The molecule has 2 amide bonds. The predicted molar refractivity (Wildman–Crippen MR) is 160 cm³/mol. The number of pyridine rings is 1. The van der Waals surface area contributed by atoms with Crippen LogP contribution >= 0.6 is 23.4 Å². The van der Waals surface area contributed by atoms with Gasteiger partial charge in [-0.05, 0) is 87.3 Å². The average molecular weight is 583 g/mol. The van der Waals surface area contributed by atoms with Crippen molar-refractivity contribution in [1.29, 1.82) is 0 Å². The number of amides is 2. The molecule has 4 N–H and O–H groups in total. The van der Waals surface area contributed by atoms with Crippen LogP contribution in [0.3, 0.4) is 0 Å². The van der Waals surface area contributed by atoms with Gasteiger partial charge in [-0.1, -0.05) is 31.5 Å². The number of anilines is 1. The molecule has 0 radical (unpaired) electrons. The minimum atomic E-state index is -0.635. The standard InChI is InChI=1S/C25H19ClFN5O2S.C2H7N.C2H6/c1-35-20-11-10-19(26)22(30-20)25(34)29-15-6-2-13-3-9-17-21(24(28)33)31-32(23(17)18(13)12-15)16-7-4-14(27)5-8-16;1-3-2;1-2/h2,4-8,10-12H,3,9H2,1H3,(H2,28,33)(H,29,34);3H,1-2H3;1-2H3. The molecule has 40 heavy (non-hydrogen) atoms. The third-order valence-electron chi connectivity index (χ3n) is 5.80. The Hall–Kier alpha value is -3.73. The van der Waals surface area contributed by atoms with E-state index in [1.807, 2.05) is 52.4 Å². The summed E-state index contributed by atoms with van der Waals surface area (Å²) in [6, 6.07) is 14.8. The average Bonchev–Trinajstić information content (AvgIpc) is 3.36. The first-order valence-corrected chi connectivity index (χ1v) is 14.3. The van der Waals surface area contributed by atoms with Crippen LogP contribution in [-0.2, 0) is 12.8 Å². The second kappa shape index (κ2) is 14.1. The van der Waals surface area contributed by atoms with E-state index in [1.54, 1.807) is 28.9 Å². The summed E-state index contributed by atoms with van der Waals surface area (Å²) in [6.07, 6.45) is 3.12. The number of nitrogens with one attached hydrogen (secondary N) is 2. The van der Waals surface area contributed by atoms with Crippen molar-refractivity contribution >= 4 is 40.9 Å². The smallest absolute Gasteiger partial charge is 0.275 e. The summed E-state index contributed by atoms with van der Waals surface area (Å²) >= 11 is 7.62. The number of fused-ring (bicyclic) bond motifs is 3. The minimum absolute atomic E-state index is 0.129. The molecule has 8 nitrogen and oxygen atoms in total. The van der Waals surface area contributed by atoms with Crippen LogP contribution in [0.1, 0.15) is 46.0 Å². The van der Waals surface area contributed by atoms with Gasteiger partial charge in [-0.25, -0.2) is 14.1 Å². The van der Waals surface area contributed by atoms with Gasteiger partial charge in [0.25, 0.3) is 11.8 Å². The van der Waals surface area contributed by atoms with Crippen molar-refractivity contribution in [2.24, 2.45) is 5.73 Å². The lowest BCUT2D eigenvalue weighted by Crippen LogP contribution is -2.16. The highest BCUT2D eigenvalue weighted by Crippen LogP contribution is 2.38. The van der Waals surface area contributed by atoms with Gasteiger partial charge in [-0.2, -0.15) is 5.10 Å². The molecule has 1 aliphatic carbocycles. The molecule has 11 heteroatoms. The summed E-state index contributed by atoms with van der Waals surface area (Å²) in [5.74, 6) is -1.45. The number of hydrogen-bond acceptors (Lipinski definition) is 6. The van der Waals surface area contributed by atoms with Crippen LogP contribution in [-0.4, -0.2) is 46.9 Å². The first kappa shape index (κ1) is 30.8. The third kappa shape index (κ3) is 6.70. The van der Waals surface area contributed by atoms with Gasteiger partial charge in [-0.15, -0.1) is 11.8 Å². The number of hydrogen-bond donors (Lipinski definition) is 3. The Morgan fingerprint density at radius 3 is 2.33 bits per heavy atom. The number of primary amides is 1. The largest absolute Gasteiger partial charge is 0.364 e. The number of rotatable bonds is 5. The van der Waals surface area contributed by atoms with Crippen molar-refractivity contribution < 1.29 is 14.0 Å². The number of halogens is 2. The number of carbonyl (C=O) groups is 2. The van der Waals surface area contributed by atoms with E-state index in [0.29, 0.717) is 34.9 Å². The van der Waals surface area contributed by atoms with Crippen LogP contribution in [0.2, 0.25) is 5.02 Å². The Morgan fingerprint density at radius 2 is 1.70 bits per heavy atom. The van der Waals surface area contributed by atoms with Crippen LogP contribution in [0.15, 0.2) is 59.6 Å². The number of nitrogens with zero attached hydrogens (tertiary/aromatic N) is 3. The molecular formula is C29H32ClFN6O2S. The lowest BCUT2D eigenvalue weighted by molar-refractivity contribution is 0.0991. The first-order chi connectivity index (χ1) is 19.3. The molecule has 210 valence electrons. The Bertz CT molecular complexity index is 1510. The van der Waals surface area contributed by atoms with E-state index < -0.39 is 11.8 Å².